The van der Waals surface area contributed by atoms with Crippen LogP contribution in [0.2, 0.25) is 5.02 Å². The van der Waals surface area contributed by atoms with Crippen molar-refractivity contribution < 1.29 is 14.1 Å². The number of benzene rings is 1. The van der Waals surface area contributed by atoms with Crippen LogP contribution in [-0.4, -0.2) is 34.5 Å². The Kier molecular flexibility index (Phi) is 5.67. The first-order valence-electron chi connectivity index (χ1n) is 7.60. The van der Waals surface area contributed by atoms with E-state index in [4.69, 9.17) is 20.9 Å². The minimum Gasteiger partial charge on any atom is -0.484 e. The molecule has 1 aromatic carbocycles. The molecule has 2 aromatic heterocycles. The molecule has 25 heavy (non-hydrogen) atoms. The first-order chi connectivity index (χ1) is 12.1. The number of carbonyl (C=O) groups is 1. The van der Waals surface area contributed by atoms with Gasteiger partial charge >= 0.3 is 0 Å². The molecule has 0 saturated heterocycles. The van der Waals surface area contributed by atoms with Crippen LogP contribution in [0.1, 0.15) is 21.4 Å². The van der Waals surface area contributed by atoms with E-state index in [9.17, 15) is 4.79 Å². The lowest BCUT2D eigenvalue weighted by molar-refractivity contribution is 0.0800. The molecular formula is C17H16ClN3O3S. The van der Waals surface area contributed by atoms with Gasteiger partial charge in [-0.3, -0.25) is 4.79 Å². The zero-order chi connectivity index (χ0) is 17.6. The third-order valence-corrected chi connectivity index (χ3v) is 4.55. The summed E-state index contributed by atoms with van der Waals surface area (Å²) in [5.41, 5.74) is 0. The van der Waals surface area contributed by atoms with Crippen LogP contribution in [0.15, 0.2) is 46.3 Å². The summed E-state index contributed by atoms with van der Waals surface area (Å²) in [7, 11) is 1.76. The Labute approximate surface area is 154 Å². The Balaban J connectivity index is 1.48. The molecule has 3 rings (SSSR count). The maximum Gasteiger partial charge on any atom is 0.264 e. The number of ether oxygens (including phenoxy) is 1. The lowest BCUT2D eigenvalue weighted by Gasteiger charge is -2.14. The maximum atomic E-state index is 12.2. The predicted octanol–water partition coefficient (Wildman–Crippen LogP) is 3.68. The third-order valence-electron chi connectivity index (χ3n) is 3.44. The Bertz CT molecular complexity index is 818. The number of hydrogen-bond acceptors (Lipinski definition) is 6. The van der Waals surface area contributed by atoms with E-state index in [0.29, 0.717) is 40.3 Å². The van der Waals surface area contributed by atoms with Crippen LogP contribution in [0, 0.1) is 0 Å². The van der Waals surface area contributed by atoms with Crippen LogP contribution in [0.3, 0.4) is 0 Å². The average Bonchev–Trinajstić information content (AvgIpc) is 3.30. The molecular weight excluding hydrogens is 362 g/mol. The van der Waals surface area contributed by atoms with Crippen LogP contribution in [-0.2, 0) is 13.0 Å². The summed E-state index contributed by atoms with van der Waals surface area (Å²) in [6.07, 6.45) is 0.512. The van der Waals surface area contributed by atoms with E-state index >= 15 is 0 Å². The van der Waals surface area contributed by atoms with E-state index in [1.54, 1.807) is 36.2 Å². The lowest BCUT2D eigenvalue weighted by Crippen LogP contribution is -2.28. The molecule has 6 nitrogen and oxygen atoms in total. The van der Waals surface area contributed by atoms with Crippen molar-refractivity contribution in [2.45, 2.75) is 13.0 Å². The largest absolute Gasteiger partial charge is 0.484 e. The minimum absolute atomic E-state index is 0.00945. The lowest BCUT2D eigenvalue weighted by atomic mass is 10.3. The summed E-state index contributed by atoms with van der Waals surface area (Å²) in [4.78, 5) is 18.8. The Morgan fingerprint density at radius 1 is 1.32 bits per heavy atom. The van der Waals surface area contributed by atoms with Gasteiger partial charge in [-0.05, 0) is 35.7 Å². The number of hydrogen-bond donors (Lipinski definition) is 0. The summed E-state index contributed by atoms with van der Waals surface area (Å²) in [5.74, 6) is 1.59. The Morgan fingerprint density at radius 3 is 2.84 bits per heavy atom. The van der Waals surface area contributed by atoms with E-state index in [1.807, 2.05) is 17.5 Å². The van der Waals surface area contributed by atoms with Crippen molar-refractivity contribution in [2.24, 2.45) is 0 Å². The SMILES string of the molecule is CN(CCc1noc(COc2ccc(Cl)cc2)n1)C(=O)c1cccs1. The second-order valence-corrected chi connectivity index (χ2v) is 6.69. The number of carbonyl (C=O) groups excluding carboxylic acids is 1. The highest BCUT2D eigenvalue weighted by Crippen LogP contribution is 2.16. The van der Waals surface area contributed by atoms with E-state index in [2.05, 4.69) is 10.1 Å². The Hall–Kier alpha value is -2.38. The monoisotopic (exact) mass is 377 g/mol. The van der Waals surface area contributed by atoms with Crippen molar-refractivity contribution in [1.29, 1.82) is 0 Å². The summed E-state index contributed by atoms with van der Waals surface area (Å²) in [6, 6.07) is 10.7. The fourth-order valence-electron chi connectivity index (χ4n) is 2.08. The average molecular weight is 378 g/mol. The molecule has 130 valence electrons. The van der Waals surface area contributed by atoms with Gasteiger partial charge in [0.2, 0.25) is 0 Å². The number of rotatable bonds is 7. The second kappa shape index (κ2) is 8.13. The van der Waals surface area contributed by atoms with Crippen molar-refractivity contribution in [3.8, 4) is 5.75 Å². The quantitative estimate of drug-likeness (QED) is 0.628. The Morgan fingerprint density at radius 2 is 2.12 bits per heavy atom. The molecule has 0 radical (unpaired) electrons. The number of likely N-dealkylation sites (N-methyl/N-ethyl adjacent to an activating group) is 1. The molecule has 0 aliphatic heterocycles. The van der Waals surface area contributed by atoms with Crippen molar-refractivity contribution >= 4 is 28.8 Å². The van der Waals surface area contributed by atoms with Crippen molar-refractivity contribution in [2.75, 3.05) is 13.6 Å². The molecule has 0 N–H and O–H groups in total. The van der Waals surface area contributed by atoms with Gasteiger partial charge in [-0.1, -0.05) is 22.8 Å². The topological polar surface area (TPSA) is 68.5 Å². The molecule has 0 bridgehead atoms. The van der Waals surface area contributed by atoms with Crippen molar-refractivity contribution in [1.82, 2.24) is 15.0 Å². The van der Waals surface area contributed by atoms with Crippen LogP contribution in [0.25, 0.3) is 0 Å². The smallest absolute Gasteiger partial charge is 0.264 e. The zero-order valence-electron chi connectivity index (χ0n) is 13.5. The molecule has 0 spiro atoms. The van der Waals surface area contributed by atoms with E-state index in [0.717, 1.165) is 0 Å². The number of amides is 1. The van der Waals surface area contributed by atoms with Gasteiger partial charge in [0.25, 0.3) is 11.8 Å². The highest BCUT2D eigenvalue weighted by Gasteiger charge is 2.14. The number of halogens is 1. The van der Waals surface area contributed by atoms with Gasteiger partial charge in [-0.2, -0.15) is 4.98 Å². The molecule has 0 atom stereocenters. The highest BCUT2D eigenvalue weighted by atomic mass is 35.5. The van der Waals surface area contributed by atoms with Gasteiger partial charge in [-0.25, -0.2) is 0 Å². The van der Waals surface area contributed by atoms with E-state index in [1.165, 1.54) is 11.3 Å². The van der Waals surface area contributed by atoms with Crippen LogP contribution in [0.4, 0.5) is 0 Å². The second-order valence-electron chi connectivity index (χ2n) is 5.30. The van der Waals surface area contributed by atoms with E-state index < -0.39 is 0 Å². The van der Waals surface area contributed by atoms with Gasteiger partial charge < -0.3 is 14.2 Å². The van der Waals surface area contributed by atoms with Crippen LogP contribution in [0.5, 0.6) is 5.75 Å². The fraction of sp³-hybridized carbons (Fsp3) is 0.235. The molecule has 2 heterocycles. The number of thiophene rings is 1. The number of aromatic nitrogens is 2. The molecule has 3 aromatic rings. The van der Waals surface area contributed by atoms with Gasteiger partial charge in [0.05, 0.1) is 4.88 Å². The van der Waals surface area contributed by atoms with Gasteiger partial charge in [0, 0.05) is 25.0 Å². The molecule has 0 fully saturated rings. The highest BCUT2D eigenvalue weighted by molar-refractivity contribution is 7.12. The maximum absolute atomic E-state index is 12.2. The van der Waals surface area contributed by atoms with E-state index in [-0.39, 0.29) is 12.5 Å². The van der Waals surface area contributed by atoms with Crippen LogP contribution < -0.4 is 4.74 Å². The summed E-state index contributed by atoms with van der Waals surface area (Å²) in [5, 5.41) is 6.44. The standard InChI is InChI=1S/C17H16ClN3O3S/c1-21(17(22)14-3-2-10-25-14)9-8-15-19-16(24-20-15)11-23-13-6-4-12(18)5-7-13/h2-7,10H,8-9,11H2,1H3. The molecule has 8 heteroatoms. The van der Waals surface area contributed by atoms with Crippen LogP contribution >= 0.6 is 22.9 Å². The molecule has 0 unspecified atom stereocenters. The van der Waals surface area contributed by atoms with Gasteiger partial charge in [0.1, 0.15) is 5.75 Å². The molecule has 1 amide bonds. The van der Waals surface area contributed by atoms with Gasteiger partial charge in [0.15, 0.2) is 12.4 Å². The first kappa shape index (κ1) is 17.4. The molecule has 0 aliphatic rings. The predicted molar refractivity (Wildman–Crippen MR) is 95.1 cm³/mol. The van der Waals surface area contributed by atoms with Crippen molar-refractivity contribution in [3.63, 3.8) is 0 Å². The van der Waals surface area contributed by atoms with Gasteiger partial charge in [-0.15, -0.1) is 11.3 Å². The normalized spacial score (nSPS) is 10.6. The summed E-state index contributed by atoms with van der Waals surface area (Å²) < 4.78 is 10.7. The molecule has 0 saturated carbocycles. The van der Waals surface area contributed by atoms with Crippen molar-refractivity contribution in [3.05, 3.63) is 63.4 Å². The zero-order valence-corrected chi connectivity index (χ0v) is 15.1. The summed E-state index contributed by atoms with van der Waals surface area (Å²) >= 11 is 7.25. The summed E-state index contributed by atoms with van der Waals surface area (Å²) in [6.45, 7) is 0.687. The first-order valence-corrected chi connectivity index (χ1v) is 8.86. The fourth-order valence-corrected chi connectivity index (χ4v) is 2.93. The number of nitrogens with zero attached hydrogens (tertiary/aromatic N) is 3. The minimum atomic E-state index is -0.00945. The third kappa shape index (κ3) is 4.80. The molecule has 0 aliphatic carbocycles.